The topological polar surface area (TPSA) is 55.6 Å². The van der Waals surface area contributed by atoms with Crippen molar-refractivity contribution in [1.29, 1.82) is 0 Å². The molecular weight excluding hydrogens is 259 g/mol. The summed E-state index contributed by atoms with van der Waals surface area (Å²) in [5.41, 5.74) is 6.45. The lowest BCUT2D eigenvalue weighted by molar-refractivity contribution is -0.139. The van der Waals surface area contributed by atoms with Crippen molar-refractivity contribution in [3.8, 4) is 0 Å². The number of nitrogens with zero attached hydrogens (tertiary/aromatic N) is 1. The number of nitrogens with two attached hydrogens (primary N) is 1. The molecule has 0 spiro atoms. The Kier molecular flexibility index (Phi) is 5.09. The summed E-state index contributed by atoms with van der Waals surface area (Å²) in [4.78, 5) is 14.0. The standard InChI is InChI=1S/C15H21FN2O2/c1-11(9-17)8-15(19)18-6-7-20-14(10-18)12-2-4-13(16)5-3-12/h2-5,11,14H,6-10,17H2,1H3. The number of morpholine rings is 1. The molecule has 0 saturated carbocycles. The molecule has 0 bridgehead atoms. The Morgan fingerprint density at radius 1 is 1.50 bits per heavy atom. The van der Waals surface area contributed by atoms with Gasteiger partial charge in [0.15, 0.2) is 0 Å². The van der Waals surface area contributed by atoms with E-state index in [4.69, 9.17) is 10.5 Å². The highest BCUT2D eigenvalue weighted by Gasteiger charge is 2.25. The Morgan fingerprint density at radius 2 is 2.20 bits per heavy atom. The van der Waals surface area contributed by atoms with Crippen molar-refractivity contribution in [2.75, 3.05) is 26.2 Å². The second-order valence-electron chi connectivity index (χ2n) is 5.30. The van der Waals surface area contributed by atoms with Gasteiger partial charge in [0.05, 0.1) is 13.2 Å². The van der Waals surface area contributed by atoms with Crippen LogP contribution >= 0.6 is 0 Å². The van der Waals surface area contributed by atoms with Crippen molar-refractivity contribution in [2.24, 2.45) is 11.7 Å². The molecule has 0 aliphatic carbocycles. The summed E-state index contributed by atoms with van der Waals surface area (Å²) in [6.07, 6.45) is 0.286. The highest BCUT2D eigenvalue weighted by Crippen LogP contribution is 2.23. The molecule has 0 aromatic heterocycles. The van der Waals surface area contributed by atoms with Crippen molar-refractivity contribution in [1.82, 2.24) is 4.90 Å². The fourth-order valence-corrected chi connectivity index (χ4v) is 2.27. The lowest BCUT2D eigenvalue weighted by Gasteiger charge is -2.33. The molecular formula is C15H21FN2O2. The van der Waals surface area contributed by atoms with Crippen molar-refractivity contribution in [3.63, 3.8) is 0 Å². The maximum Gasteiger partial charge on any atom is 0.223 e. The van der Waals surface area contributed by atoms with Gasteiger partial charge in [-0.15, -0.1) is 0 Å². The molecule has 1 heterocycles. The maximum atomic E-state index is 12.9. The molecule has 20 heavy (non-hydrogen) atoms. The summed E-state index contributed by atoms with van der Waals surface area (Å²) in [7, 11) is 0. The number of hydrogen-bond donors (Lipinski definition) is 1. The highest BCUT2D eigenvalue weighted by molar-refractivity contribution is 5.76. The molecule has 1 fully saturated rings. The number of amides is 1. The lowest BCUT2D eigenvalue weighted by Crippen LogP contribution is -2.43. The summed E-state index contributed by atoms with van der Waals surface area (Å²) >= 11 is 0. The van der Waals surface area contributed by atoms with Crippen LogP contribution in [0.2, 0.25) is 0 Å². The number of benzene rings is 1. The van der Waals surface area contributed by atoms with Crippen molar-refractivity contribution in [2.45, 2.75) is 19.4 Å². The molecule has 2 atom stereocenters. The first-order chi connectivity index (χ1) is 9.60. The van der Waals surface area contributed by atoms with Crippen LogP contribution in [-0.2, 0) is 9.53 Å². The first-order valence-corrected chi connectivity index (χ1v) is 6.95. The van der Waals surface area contributed by atoms with Crippen LogP contribution in [0, 0.1) is 11.7 Å². The van der Waals surface area contributed by atoms with E-state index >= 15 is 0 Å². The third-order valence-corrected chi connectivity index (χ3v) is 3.59. The molecule has 1 aromatic rings. The van der Waals surface area contributed by atoms with E-state index in [0.717, 1.165) is 5.56 Å². The van der Waals surface area contributed by atoms with Gasteiger partial charge in [-0.3, -0.25) is 4.79 Å². The van der Waals surface area contributed by atoms with E-state index in [2.05, 4.69) is 0 Å². The minimum atomic E-state index is -0.269. The smallest absolute Gasteiger partial charge is 0.223 e. The largest absolute Gasteiger partial charge is 0.370 e. The Bertz CT molecular complexity index is 450. The number of halogens is 1. The SMILES string of the molecule is CC(CN)CC(=O)N1CCOC(c2ccc(F)cc2)C1. The predicted octanol–water partition coefficient (Wildman–Crippen LogP) is 1.71. The molecule has 1 saturated heterocycles. The fraction of sp³-hybridized carbons (Fsp3) is 0.533. The third-order valence-electron chi connectivity index (χ3n) is 3.59. The highest BCUT2D eigenvalue weighted by atomic mass is 19.1. The van der Waals surface area contributed by atoms with Crippen LogP contribution in [0.5, 0.6) is 0 Å². The maximum absolute atomic E-state index is 12.9. The Balaban J connectivity index is 1.97. The van der Waals surface area contributed by atoms with E-state index in [0.29, 0.717) is 32.7 Å². The van der Waals surface area contributed by atoms with Crippen LogP contribution in [-0.4, -0.2) is 37.0 Å². The first kappa shape index (κ1) is 14.9. The molecule has 2 unspecified atom stereocenters. The summed E-state index contributed by atoms with van der Waals surface area (Å²) in [6.45, 7) is 4.10. The molecule has 1 aromatic carbocycles. The van der Waals surface area contributed by atoms with E-state index in [-0.39, 0.29) is 23.7 Å². The van der Waals surface area contributed by atoms with Crippen LogP contribution in [0.25, 0.3) is 0 Å². The average Bonchev–Trinajstić information content (AvgIpc) is 2.48. The van der Waals surface area contributed by atoms with Gasteiger partial charge in [0.1, 0.15) is 11.9 Å². The van der Waals surface area contributed by atoms with Gasteiger partial charge in [-0.05, 0) is 30.2 Å². The van der Waals surface area contributed by atoms with E-state index in [1.54, 1.807) is 12.1 Å². The molecule has 1 aliphatic heterocycles. The predicted molar refractivity (Wildman–Crippen MR) is 74.5 cm³/mol. The van der Waals surface area contributed by atoms with Crippen LogP contribution in [0.4, 0.5) is 4.39 Å². The van der Waals surface area contributed by atoms with Gasteiger partial charge in [0, 0.05) is 13.0 Å². The van der Waals surface area contributed by atoms with Gasteiger partial charge in [-0.2, -0.15) is 0 Å². The van der Waals surface area contributed by atoms with Gasteiger partial charge >= 0.3 is 0 Å². The molecule has 1 aliphatic rings. The van der Waals surface area contributed by atoms with E-state index in [9.17, 15) is 9.18 Å². The minimum absolute atomic E-state index is 0.110. The summed E-state index contributed by atoms with van der Waals surface area (Å²) in [5.74, 6) is 0.0299. The molecule has 0 radical (unpaired) electrons. The molecule has 110 valence electrons. The Morgan fingerprint density at radius 3 is 2.85 bits per heavy atom. The number of carbonyl (C=O) groups is 1. The van der Waals surface area contributed by atoms with Gasteiger partial charge in [0.25, 0.3) is 0 Å². The van der Waals surface area contributed by atoms with E-state index < -0.39 is 0 Å². The number of carbonyl (C=O) groups excluding carboxylic acids is 1. The lowest BCUT2D eigenvalue weighted by atomic mass is 10.1. The zero-order valence-electron chi connectivity index (χ0n) is 11.7. The van der Waals surface area contributed by atoms with Crippen molar-refractivity contribution < 1.29 is 13.9 Å². The molecule has 4 nitrogen and oxygen atoms in total. The zero-order valence-corrected chi connectivity index (χ0v) is 11.7. The molecule has 2 rings (SSSR count). The summed E-state index contributed by atoms with van der Waals surface area (Å²) in [6, 6.07) is 6.24. The zero-order chi connectivity index (χ0) is 14.5. The van der Waals surface area contributed by atoms with Gasteiger partial charge in [0.2, 0.25) is 5.91 Å². The number of hydrogen-bond acceptors (Lipinski definition) is 3. The number of ether oxygens (including phenoxy) is 1. The minimum Gasteiger partial charge on any atom is -0.370 e. The van der Waals surface area contributed by atoms with E-state index in [1.807, 2.05) is 11.8 Å². The quantitative estimate of drug-likeness (QED) is 0.913. The second kappa shape index (κ2) is 6.81. The van der Waals surface area contributed by atoms with Crippen molar-refractivity contribution >= 4 is 5.91 Å². The molecule has 1 amide bonds. The average molecular weight is 280 g/mol. The van der Waals surface area contributed by atoms with E-state index in [1.165, 1.54) is 12.1 Å². The van der Waals surface area contributed by atoms with Crippen molar-refractivity contribution in [3.05, 3.63) is 35.6 Å². The third kappa shape index (κ3) is 3.77. The van der Waals surface area contributed by atoms with Crippen LogP contribution < -0.4 is 5.73 Å². The number of rotatable bonds is 4. The monoisotopic (exact) mass is 280 g/mol. The molecule has 5 heteroatoms. The van der Waals surface area contributed by atoms with Gasteiger partial charge in [-0.25, -0.2) is 4.39 Å². The fourth-order valence-electron chi connectivity index (χ4n) is 2.27. The van der Waals surface area contributed by atoms with Crippen LogP contribution in [0.3, 0.4) is 0 Å². The van der Waals surface area contributed by atoms with Crippen LogP contribution in [0.1, 0.15) is 25.0 Å². The molecule has 2 N–H and O–H groups in total. The first-order valence-electron chi connectivity index (χ1n) is 6.95. The summed E-state index contributed by atoms with van der Waals surface area (Å²) < 4.78 is 18.6. The van der Waals surface area contributed by atoms with Gasteiger partial charge < -0.3 is 15.4 Å². The van der Waals surface area contributed by atoms with Gasteiger partial charge in [-0.1, -0.05) is 19.1 Å². The second-order valence-corrected chi connectivity index (χ2v) is 5.30. The van der Waals surface area contributed by atoms with Crippen LogP contribution in [0.15, 0.2) is 24.3 Å². The Hall–Kier alpha value is -1.46. The summed E-state index contributed by atoms with van der Waals surface area (Å²) in [5, 5.41) is 0. The normalized spacial score (nSPS) is 20.8. The Labute approximate surface area is 118 Å².